The van der Waals surface area contributed by atoms with Crippen molar-refractivity contribution in [1.29, 1.82) is 0 Å². The standard InChI is InChI=1S/C20H16N2O5S/c1-2-10-27-17-8-6-14(7-9-17)12-18-19(23)21(20(24)28-18)13-15-4-3-5-16(11-15)22(25)26/h2-9,11-12H,1,10,13H2. The summed E-state index contributed by atoms with van der Waals surface area (Å²) in [5, 5.41) is 10.5. The Balaban J connectivity index is 1.74. The maximum atomic E-state index is 12.6. The highest BCUT2D eigenvalue weighted by molar-refractivity contribution is 8.18. The van der Waals surface area contributed by atoms with Crippen molar-refractivity contribution >= 4 is 34.7 Å². The fourth-order valence-electron chi connectivity index (χ4n) is 2.55. The van der Waals surface area contributed by atoms with E-state index in [-0.39, 0.29) is 12.2 Å². The Morgan fingerprint density at radius 1 is 1.18 bits per heavy atom. The van der Waals surface area contributed by atoms with E-state index >= 15 is 0 Å². The van der Waals surface area contributed by atoms with E-state index in [1.807, 2.05) is 0 Å². The Morgan fingerprint density at radius 2 is 1.93 bits per heavy atom. The van der Waals surface area contributed by atoms with E-state index < -0.39 is 16.1 Å². The fraction of sp³-hybridized carbons (Fsp3) is 0.100. The Bertz CT molecular complexity index is 969. The molecule has 7 nitrogen and oxygen atoms in total. The molecule has 0 aliphatic carbocycles. The number of nitrogens with zero attached hydrogens (tertiary/aromatic N) is 2. The number of imide groups is 1. The Morgan fingerprint density at radius 3 is 2.61 bits per heavy atom. The maximum Gasteiger partial charge on any atom is 0.293 e. The summed E-state index contributed by atoms with van der Waals surface area (Å²) in [5.74, 6) is 0.254. The highest BCUT2D eigenvalue weighted by Crippen LogP contribution is 2.33. The van der Waals surface area contributed by atoms with E-state index in [0.717, 1.165) is 22.2 Å². The molecule has 0 saturated carbocycles. The molecule has 1 heterocycles. The van der Waals surface area contributed by atoms with Crippen LogP contribution in [0.4, 0.5) is 10.5 Å². The van der Waals surface area contributed by atoms with Crippen molar-refractivity contribution in [1.82, 2.24) is 4.90 Å². The first-order chi connectivity index (χ1) is 13.5. The van der Waals surface area contributed by atoms with Crippen LogP contribution < -0.4 is 4.74 Å². The fourth-order valence-corrected chi connectivity index (χ4v) is 3.39. The van der Waals surface area contributed by atoms with E-state index in [1.165, 1.54) is 18.2 Å². The second-order valence-electron chi connectivity index (χ2n) is 5.86. The highest BCUT2D eigenvalue weighted by Gasteiger charge is 2.35. The predicted molar refractivity (Wildman–Crippen MR) is 107 cm³/mol. The number of hydrogen-bond donors (Lipinski definition) is 0. The Kier molecular flexibility index (Phi) is 5.90. The number of rotatable bonds is 7. The summed E-state index contributed by atoms with van der Waals surface area (Å²) in [6, 6.07) is 13.0. The molecule has 2 amide bonds. The van der Waals surface area contributed by atoms with Crippen LogP contribution in [0.15, 0.2) is 66.1 Å². The largest absolute Gasteiger partial charge is 0.490 e. The van der Waals surface area contributed by atoms with Gasteiger partial charge in [0.2, 0.25) is 0 Å². The molecule has 142 valence electrons. The monoisotopic (exact) mass is 396 g/mol. The van der Waals surface area contributed by atoms with Crippen molar-refractivity contribution in [3.8, 4) is 5.75 Å². The SMILES string of the molecule is C=CCOc1ccc(C=C2SC(=O)N(Cc3cccc([N+](=O)[O-])c3)C2=O)cc1. The topological polar surface area (TPSA) is 89.8 Å². The normalized spacial score (nSPS) is 15.1. The maximum absolute atomic E-state index is 12.6. The van der Waals surface area contributed by atoms with Crippen LogP contribution in [0.5, 0.6) is 5.75 Å². The Labute approximate surface area is 165 Å². The number of amides is 2. The second-order valence-corrected chi connectivity index (χ2v) is 6.86. The van der Waals surface area contributed by atoms with E-state index in [0.29, 0.717) is 22.8 Å². The van der Waals surface area contributed by atoms with Gasteiger partial charge >= 0.3 is 0 Å². The number of ether oxygens (including phenoxy) is 1. The Hall–Kier alpha value is -3.39. The summed E-state index contributed by atoms with van der Waals surface area (Å²) in [4.78, 5) is 36.6. The van der Waals surface area contributed by atoms with E-state index in [1.54, 1.807) is 42.5 Å². The molecule has 0 radical (unpaired) electrons. The van der Waals surface area contributed by atoms with Crippen molar-refractivity contribution in [3.63, 3.8) is 0 Å². The van der Waals surface area contributed by atoms with Gasteiger partial charge in [0.25, 0.3) is 16.8 Å². The van der Waals surface area contributed by atoms with Gasteiger partial charge in [0.05, 0.1) is 16.4 Å². The molecule has 0 atom stereocenters. The van der Waals surface area contributed by atoms with Gasteiger partial charge in [-0.1, -0.05) is 36.9 Å². The van der Waals surface area contributed by atoms with Crippen molar-refractivity contribution in [2.24, 2.45) is 0 Å². The van der Waals surface area contributed by atoms with Crippen LogP contribution in [-0.2, 0) is 11.3 Å². The zero-order valence-corrected chi connectivity index (χ0v) is 15.6. The average molecular weight is 396 g/mol. The van der Waals surface area contributed by atoms with E-state index in [4.69, 9.17) is 4.74 Å². The number of non-ortho nitro benzene ring substituents is 1. The molecule has 3 rings (SSSR count). The molecule has 28 heavy (non-hydrogen) atoms. The lowest BCUT2D eigenvalue weighted by atomic mass is 10.2. The quantitative estimate of drug-likeness (QED) is 0.298. The molecule has 2 aromatic rings. The molecular weight excluding hydrogens is 380 g/mol. The zero-order chi connectivity index (χ0) is 20.1. The number of carbonyl (C=O) groups is 2. The summed E-state index contributed by atoms with van der Waals surface area (Å²) >= 11 is 0.845. The lowest BCUT2D eigenvalue weighted by Gasteiger charge is -2.12. The second kappa shape index (κ2) is 8.53. The first kappa shape index (κ1) is 19.4. The van der Waals surface area contributed by atoms with Crippen LogP contribution in [0.3, 0.4) is 0 Å². The van der Waals surface area contributed by atoms with Gasteiger partial charge in [-0.2, -0.15) is 0 Å². The molecule has 1 aliphatic heterocycles. The minimum absolute atomic E-state index is 0.0159. The van der Waals surface area contributed by atoms with Gasteiger partial charge < -0.3 is 4.74 Å². The van der Waals surface area contributed by atoms with Gasteiger partial charge in [-0.25, -0.2) is 0 Å². The minimum Gasteiger partial charge on any atom is -0.490 e. The average Bonchev–Trinajstić information content (AvgIpc) is 2.95. The van der Waals surface area contributed by atoms with Gasteiger partial charge in [0.1, 0.15) is 12.4 Å². The molecule has 0 N–H and O–H groups in total. The zero-order valence-electron chi connectivity index (χ0n) is 14.7. The molecule has 1 aliphatic rings. The number of benzene rings is 2. The van der Waals surface area contributed by atoms with Crippen molar-refractivity contribution in [2.45, 2.75) is 6.54 Å². The summed E-state index contributed by atoms with van der Waals surface area (Å²) in [6.07, 6.45) is 3.28. The first-order valence-electron chi connectivity index (χ1n) is 8.30. The van der Waals surface area contributed by atoms with Gasteiger partial charge in [0, 0.05) is 12.1 Å². The van der Waals surface area contributed by atoms with Crippen molar-refractivity contribution < 1.29 is 19.2 Å². The number of carbonyl (C=O) groups excluding carboxylic acids is 2. The summed E-state index contributed by atoms with van der Waals surface area (Å²) in [7, 11) is 0. The molecule has 0 spiro atoms. The third-order valence-electron chi connectivity index (χ3n) is 3.88. The highest BCUT2D eigenvalue weighted by atomic mass is 32.2. The van der Waals surface area contributed by atoms with E-state index in [2.05, 4.69) is 6.58 Å². The molecule has 0 aromatic heterocycles. The third kappa shape index (κ3) is 4.47. The van der Waals surface area contributed by atoms with Crippen LogP contribution in [0.25, 0.3) is 6.08 Å². The van der Waals surface area contributed by atoms with Gasteiger partial charge in [-0.05, 0) is 41.1 Å². The molecular formula is C20H16N2O5S. The number of nitro groups is 1. The van der Waals surface area contributed by atoms with E-state index in [9.17, 15) is 19.7 Å². The summed E-state index contributed by atoms with van der Waals surface area (Å²) in [5.41, 5.74) is 1.19. The number of thioether (sulfide) groups is 1. The van der Waals surface area contributed by atoms with Crippen LogP contribution in [0.2, 0.25) is 0 Å². The summed E-state index contributed by atoms with van der Waals surface area (Å²) in [6.45, 7) is 3.97. The predicted octanol–water partition coefficient (Wildman–Crippen LogP) is 4.40. The van der Waals surface area contributed by atoms with Crippen molar-refractivity contribution in [2.75, 3.05) is 6.61 Å². The first-order valence-corrected chi connectivity index (χ1v) is 9.12. The van der Waals surface area contributed by atoms with Gasteiger partial charge in [-0.3, -0.25) is 24.6 Å². The van der Waals surface area contributed by atoms with Crippen LogP contribution in [-0.4, -0.2) is 27.6 Å². The number of nitro benzene ring substituents is 1. The van der Waals surface area contributed by atoms with Crippen LogP contribution >= 0.6 is 11.8 Å². The van der Waals surface area contributed by atoms with Gasteiger partial charge in [0.15, 0.2) is 0 Å². The molecule has 8 heteroatoms. The van der Waals surface area contributed by atoms with Crippen LogP contribution in [0, 0.1) is 10.1 Å². The van der Waals surface area contributed by atoms with Gasteiger partial charge in [-0.15, -0.1) is 0 Å². The third-order valence-corrected chi connectivity index (χ3v) is 4.79. The molecule has 1 fully saturated rings. The lowest BCUT2D eigenvalue weighted by molar-refractivity contribution is -0.384. The lowest BCUT2D eigenvalue weighted by Crippen LogP contribution is -2.27. The van der Waals surface area contributed by atoms with Crippen LogP contribution in [0.1, 0.15) is 11.1 Å². The molecule has 2 aromatic carbocycles. The number of hydrogen-bond acceptors (Lipinski definition) is 6. The molecule has 1 saturated heterocycles. The minimum atomic E-state index is -0.514. The van der Waals surface area contributed by atoms with Crippen molar-refractivity contribution in [3.05, 3.63) is 87.3 Å². The smallest absolute Gasteiger partial charge is 0.293 e. The summed E-state index contributed by atoms with van der Waals surface area (Å²) < 4.78 is 5.41. The molecule has 0 unspecified atom stereocenters. The molecule has 0 bridgehead atoms.